The highest BCUT2D eigenvalue weighted by molar-refractivity contribution is 5.87. The lowest BCUT2D eigenvalue weighted by atomic mass is 9.82. The van der Waals surface area contributed by atoms with Gasteiger partial charge in [0.05, 0.1) is 5.56 Å². The second kappa shape index (κ2) is 10.1. The van der Waals surface area contributed by atoms with Crippen LogP contribution in [0.5, 0.6) is 0 Å². The number of hydrogen-bond acceptors (Lipinski definition) is 3. The van der Waals surface area contributed by atoms with Crippen molar-refractivity contribution in [2.75, 3.05) is 14.1 Å². The van der Waals surface area contributed by atoms with Crippen molar-refractivity contribution in [3.8, 4) is 0 Å². The molecule has 0 aromatic heterocycles. The van der Waals surface area contributed by atoms with Crippen LogP contribution in [0.15, 0.2) is 54.6 Å². The summed E-state index contributed by atoms with van der Waals surface area (Å²) in [6.07, 6.45) is 1.82. The average molecular weight is 431 g/mol. The van der Waals surface area contributed by atoms with E-state index in [9.17, 15) is 18.0 Å². The minimum atomic E-state index is -4.37. The molecule has 0 amide bonds. The third-order valence-corrected chi connectivity index (χ3v) is 5.56. The van der Waals surface area contributed by atoms with E-state index >= 15 is 0 Å². The van der Waals surface area contributed by atoms with Gasteiger partial charge < -0.3 is 9.64 Å². The quantitative estimate of drug-likeness (QED) is 0.412. The predicted molar refractivity (Wildman–Crippen MR) is 115 cm³/mol. The van der Waals surface area contributed by atoms with Gasteiger partial charge in [-0.25, -0.2) is 4.79 Å². The largest absolute Gasteiger partial charge is 0.459 e. The first-order valence-electron chi connectivity index (χ1n) is 10.5. The molecule has 3 rings (SSSR count). The maximum atomic E-state index is 12.6. The molecule has 1 aliphatic rings. The highest BCUT2D eigenvalue weighted by Gasteiger charge is 2.29. The number of ether oxygens (including phenoxy) is 1. The molecule has 1 fully saturated rings. The van der Waals surface area contributed by atoms with Crippen LogP contribution in [0.3, 0.4) is 0 Å². The Labute approximate surface area is 181 Å². The van der Waals surface area contributed by atoms with Crippen molar-refractivity contribution in [2.45, 2.75) is 50.4 Å². The average Bonchev–Trinajstić information content (AvgIpc) is 2.73. The number of rotatable bonds is 6. The fourth-order valence-electron chi connectivity index (χ4n) is 3.93. The van der Waals surface area contributed by atoms with Gasteiger partial charge in [0, 0.05) is 12.6 Å². The third-order valence-electron chi connectivity index (χ3n) is 5.56. The van der Waals surface area contributed by atoms with Crippen LogP contribution >= 0.6 is 0 Å². The Bertz CT molecular complexity index is 878. The lowest BCUT2D eigenvalue weighted by Crippen LogP contribution is -2.23. The molecule has 0 saturated heterocycles. The minimum Gasteiger partial charge on any atom is -0.459 e. The van der Waals surface area contributed by atoms with E-state index < -0.39 is 17.7 Å². The Morgan fingerprint density at radius 1 is 1.00 bits per heavy atom. The van der Waals surface area contributed by atoms with Crippen LogP contribution in [-0.4, -0.2) is 31.1 Å². The molecule has 2 aromatic rings. The van der Waals surface area contributed by atoms with Crippen molar-refractivity contribution in [1.82, 2.24) is 4.90 Å². The van der Waals surface area contributed by atoms with Crippen LogP contribution in [0.2, 0.25) is 0 Å². The molecule has 0 atom stereocenters. The first-order valence-corrected chi connectivity index (χ1v) is 10.5. The van der Waals surface area contributed by atoms with Crippen LogP contribution in [-0.2, 0) is 22.3 Å². The van der Waals surface area contributed by atoms with Gasteiger partial charge in [0.2, 0.25) is 0 Å². The van der Waals surface area contributed by atoms with Crippen molar-refractivity contribution in [3.05, 3.63) is 76.9 Å². The van der Waals surface area contributed by atoms with Crippen molar-refractivity contribution in [1.29, 1.82) is 0 Å². The smallest absolute Gasteiger partial charge is 0.416 e. The second-order valence-electron chi connectivity index (χ2n) is 8.34. The molecule has 0 bridgehead atoms. The zero-order valence-corrected chi connectivity index (χ0v) is 17.9. The van der Waals surface area contributed by atoms with Gasteiger partial charge in [0.15, 0.2) is 0 Å². The highest BCUT2D eigenvalue weighted by atomic mass is 19.4. The molecule has 0 unspecified atom stereocenters. The Morgan fingerprint density at radius 2 is 1.61 bits per heavy atom. The molecule has 1 saturated carbocycles. The first kappa shape index (κ1) is 23.1. The SMILES string of the molecule is CN(C)Cc1ccc(C2CCC(OC(=O)/C=C/c3ccc(C(F)(F)F)cc3)CC2)cc1. The Kier molecular flexibility index (Phi) is 7.55. The summed E-state index contributed by atoms with van der Waals surface area (Å²) in [5, 5.41) is 0. The molecule has 0 spiro atoms. The monoisotopic (exact) mass is 431 g/mol. The zero-order valence-electron chi connectivity index (χ0n) is 17.9. The molecule has 3 nitrogen and oxygen atoms in total. The minimum absolute atomic E-state index is 0.117. The van der Waals surface area contributed by atoms with Gasteiger partial charge in [0.25, 0.3) is 0 Å². The molecular weight excluding hydrogens is 403 g/mol. The van der Waals surface area contributed by atoms with Crippen molar-refractivity contribution < 1.29 is 22.7 Å². The summed E-state index contributed by atoms with van der Waals surface area (Å²) < 4.78 is 43.3. The van der Waals surface area contributed by atoms with Crippen LogP contribution in [0.1, 0.15) is 53.9 Å². The van der Waals surface area contributed by atoms with Crippen LogP contribution in [0, 0.1) is 0 Å². The number of carbonyl (C=O) groups excluding carboxylic acids is 1. The highest BCUT2D eigenvalue weighted by Crippen LogP contribution is 2.34. The van der Waals surface area contributed by atoms with Crippen molar-refractivity contribution in [3.63, 3.8) is 0 Å². The summed E-state index contributed by atoms with van der Waals surface area (Å²) >= 11 is 0. The normalized spacial score (nSPS) is 19.7. The Balaban J connectivity index is 1.46. The maximum Gasteiger partial charge on any atom is 0.416 e. The molecule has 0 N–H and O–H groups in total. The van der Waals surface area contributed by atoms with Crippen LogP contribution in [0.4, 0.5) is 13.2 Å². The topological polar surface area (TPSA) is 29.5 Å². The predicted octanol–water partition coefficient (Wildman–Crippen LogP) is 6.05. The number of carbonyl (C=O) groups is 1. The molecule has 6 heteroatoms. The molecule has 31 heavy (non-hydrogen) atoms. The summed E-state index contributed by atoms with van der Waals surface area (Å²) in [7, 11) is 4.10. The maximum absolute atomic E-state index is 12.6. The summed E-state index contributed by atoms with van der Waals surface area (Å²) in [6.45, 7) is 0.920. The lowest BCUT2D eigenvalue weighted by Gasteiger charge is -2.28. The van der Waals surface area contributed by atoms with E-state index in [2.05, 4.69) is 43.3 Å². The van der Waals surface area contributed by atoms with Crippen LogP contribution in [0.25, 0.3) is 6.08 Å². The van der Waals surface area contributed by atoms with Gasteiger partial charge in [0.1, 0.15) is 6.10 Å². The van der Waals surface area contributed by atoms with Gasteiger partial charge in [-0.1, -0.05) is 36.4 Å². The third kappa shape index (κ3) is 6.96. The van der Waals surface area contributed by atoms with Gasteiger partial charge in [-0.3, -0.25) is 0 Å². The number of esters is 1. The fourth-order valence-corrected chi connectivity index (χ4v) is 3.93. The van der Waals surface area contributed by atoms with Gasteiger partial charge in [-0.05, 0) is 80.6 Å². The summed E-state index contributed by atoms with van der Waals surface area (Å²) in [5.41, 5.74) is 2.42. The lowest BCUT2D eigenvalue weighted by molar-refractivity contribution is -0.144. The number of alkyl halides is 3. The molecule has 0 radical (unpaired) electrons. The Hall–Kier alpha value is -2.60. The van der Waals surface area contributed by atoms with E-state index in [1.165, 1.54) is 35.4 Å². The molecular formula is C25H28F3NO2. The number of halogens is 3. The fraction of sp³-hybridized carbons (Fsp3) is 0.400. The van der Waals surface area contributed by atoms with Gasteiger partial charge >= 0.3 is 12.1 Å². The summed E-state index contributed by atoms with van der Waals surface area (Å²) in [6, 6.07) is 13.4. The van der Waals surface area contributed by atoms with Crippen molar-refractivity contribution >= 4 is 12.0 Å². The number of nitrogens with zero attached hydrogens (tertiary/aromatic N) is 1. The van der Waals surface area contributed by atoms with Gasteiger partial charge in [-0.15, -0.1) is 0 Å². The van der Waals surface area contributed by atoms with E-state index in [1.807, 2.05) is 0 Å². The second-order valence-corrected chi connectivity index (χ2v) is 8.34. The molecule has 166 valence electrons. The number of benzene rings is 2. The van der Waals surface area contributed by atoms with E-state index in [1.54, 1.807) is 0 Å². The summed E-state index contributed by atoms with van der Waals surface area (Å²) in [4.78, 5) is 14.2. The van der Waals surface area contributed by atoms with E-state index in [4.69, 9.17) is 4.74 Å². The molecule has 1 aliphatic carbocycles. The van der Waals surface area contributed by atoms with Crippen molar-refractivity contribution in [2.24, 2.45) is 0 Å². The van der Waals surface area contributed by atoms with Gasteiger partial charge in [-0.2, -0.15) is 13.2 Å². The molecule has 0 aliphatic heterocycles. The van der Waals surface area contributed by atoms with E-state index in [0.29, 0.717) is 11.5 Å². The molecule has 0 heterocycles. The standard InChI is InChI=1S/C25H28F3NO2/c1-29(2)17-19-3-8-20(9-4-19)21-10-14-23(15-11-21)31-24(30)16-7-18-5-12-22(13-6-18)25(26,27)28/h3-9,12-13,16,21,23H,10-11,14-15,17H2,1-2H3/b16-7+. The van der Waals surface area contributed by atoms with Crippen LogP contribution < -0.4 is 0 Å². The zero-order chi connectivity index (χ0) is 22.4. The number of hydrogen-bond donors (Lipinski definition) is 0. The van der Waals surface area contributed by atoms with E-state index in [-0.39, 0.29) is 6.10 Å². The summed E-state index contributed by atoms with van der Waals surface area (Å²) in [5.74, 6) is 0.0161. The Morgan fingerprint density at radius 3 is 2.16 bits per heavy atom. The first-order chi connectivity index (χ1) is 14.7. The molecule has 2 aromatic carbocycles. The van der Waals surface area contributed by atoms with E-state index in [0.717, 1.165) is 44.4 Å².